The Morgan fingerprint density at radius 2 is 2.18 bits per heavy atom. The first-order chi connectivity index (χ1) is 10.7. The second-order valence-corrected chi connectivity index (χ2v) is 5.05. The fourth-order valence-electron chi connectivity index (χ4n) is 2.68. The number of hydrogen-bond acceptors (Lipinski definition) is 4. The number of rotatable bonds is 2. The minimum atomic E-state index is -0.164. The molecule has 0 unspecified atom stereocenters. The van der Waals surface area contributed by atoms with Crippen molar-refractivity contribution in [3.05, 3.63) is 41.1 Å². The molecule has 110 valence electrons. The molecule has 2 N–H and O–H groups in total. The zero-order chi connectivity index (χ0) is 15.3. The molecule has 7 nitrogen and oxygen atoms in total. The van der Waals surface area contributed by atoms with Crippen LogP contribution in [0.5, 0.6) is 5.75 Å². The third-order valence-corrected chi connectivity index (χ3v) is 3.86. The number of aryl methyl sites for hydroxylation is 1. The molecular formula is C15H13N5O2. The summed E-state index contributed by atoms with van der Waals surface area (Å²) in [4.78, 5) is 19.2. The lowest BCUT2D eigenvalue weighted by Gasteiger charge is -2.09. The molecule has 0 bridgehead atoms. The number of hydrogen-bond donors (Lipinski definition) is 2. The van der Waals surface area contributed by atoms with Crippen LogP contribution in [0.25, 0.3) is 33.2 Å². The predicted octanol–water partition coefficient (Wildman–Crippen LogP) is 1.81. The maximum Gasteiger partial charge on any atom is 0.326 e. The molecule has 3 aromatic heterocycles. The predicted molar refractivity (Wildman–Crippen MR) is 83.0 cm³/mol. The van der Waals surface area contributed by atoms with E-state index in [0.29, 0.717) is 5.75 Å². The highest BCUT2D eigenvalue weighted by Gasteiger charge is 2.14. The standard InChI is InChI=1S/C15H13N5O2/c1-20-12-7-16-11-6-13(22-2)8(10-3-4-17-19-10)5-9(11)14(12)18-15(20)21/h3-7H,1-2H3,(H,17,19)(H,18,21). The Kier molecular flexibility index (Phi) is 2.56. The number of H-pyrrole nitrogens is 2. The highest BCUT2D eigenvalue weighted by molar-refractivity contribution is 6.04. The van der Waals surface area contributed by atoms with Gasteiger partial charge in [0, 0.05) is 30.3 Å². The number of nitrogens with one attached hydrogen (secondary N) is 2. The van der Waals surface area contributed by atoms with E-state index >= 15 is 0 Å². The van der Waals surface area contributed by atoms with Crippen LogP contribution < -0.4 is 10.4 Å². The molecule has 0 atom stereocenters. The molecule has 3 heterocycles. The first kappa shape index (κ1) is 12.6. The van der Waals surface area contributed by atoms with Gasteiger partial charge in [0.1, 0.15) is 5.75 Å². The SMILES string of the molecule is COc1cc2ncc3c([nH]c(=O)n3C)c2cc1-c1ccn[nH]1. The zero-order valence-corrected chi connectivity index (χ0v) is 12.0. The third kappa shape index (κ3) is 1.65. The van der Waals surface area contributed by atoms with Crippen molar-refractivity contribution in [2.45, 2.75) is 0 Å². The number of methoxy groups -OCH3 is 1. The van der Waals surface area contributed by atoms with E-state index in [1.54, 1.807) is 31.1 Å². The van der Waals surface area contributed by atoms with Crippen LogP contribution in [0.15, 0.2) is 35.4 Å². The van der Waals surface area contributed by atoms with Crippen molar-refractivity contribution in [1.29, 1.82) is 0 Å². The molecule has 7 heteroatoms. The topological polar surface area (TPSA) is 88.6 Å². The van der Waals surface area contributed by atoms with Crippen molar-refractivity contribution in [2.75, 3.05) is 7.11 Å². The van der Waals surface area contributed by atoms with Crippen LogP contribution in [0.2, 0.25) is 0 Å². The molecule has 4 aromatic rings. The fourth-order valence-corrected chi connectivity index (χ4v) is 2.68. The van der Waals surface area contributed by atoms with Crippen molar-refractivity contribution >= 4 is 21.9 Å². The number of aromatic amines is 2. The molecule has 0 aliphatic rings. The highest BCUT2D eigenvalue weighted by Crippen LogP contribution is 2.34. The highest BCUT2D eigenvalue weighted by atomic mass is 16.5. The van der Waals surface area contributed by atoms with Crippen molar-refractivity contribution < 1.29 is 4.74 Å². The molecule has 4 rings (SSSR count). The molecule has 0 radical (unpaired) electrons. The van der Waals surface area contributed by atoms with Gasteiger partial charge in [-0.2, -0.15) is 5.10 Å². The van der Waals surface area contributed by atoms with E-state index in [1.807, 2.05) is 18.2 Å². The Morgan fingerprint density at radius 3 is 2.91 bits per heavy atom. The molecule has 0 fully saturated rings. The fraction of sp³-hybridized carbons (Fsp3) is 0.133. The van der Waals surface area contributed by atoms with Crippen LogP contribution in [0.4, 0.5) is 0 Å². The van der Waals surface area contributed by atoms with Crippen molar-refractivity contribution in [3.63, 3.8) is 0 Å². The van der Waals surface area contributed by atoms with Crippen LogP contribution in [-0.4, -0.2) is 31.8 Å². The minimum absolute atomic E-state index is 0.164. The summed E-state index contributed by atoms with van der Waals surface area (Å²) >= 11 is 0. The summed E-state index contributed by atoms with van der Waals surface area (Å²) in [5.41, 5.74) is 3.83. The first-order valence-corrected chi connectivity index (χ1v) is 6.74. The number of nitrogens with zero attached hydrogens (tertiary/aromatic N) is 3. The molecule has 0 amide bonds. The summed E-state index contributed by atoms with van der Waals surface area (Å²) in [6.07, 6.45) is 3.37. The summed E-state index contributed by atoms with van der Waals surface area (Å²) in [6, 6.07) is 5.67. The number of ether oxygens (including phenoxy) is 1. The van der Waals surface area contributed by atoms with Gasteiger partial charge in [-0.1, -0.05) is 0 Å². The summed E-state index contributed by atoms with van der Waals surface area (Å²) in [5, 5.41) is 7.77. The van der Waals surface area contributed by atoms with Gasteiger partial charge in [-0.3, -0.25) is 14.6 Å². The molecule has 22 heavy (non-hydrogen) atoms. The minimum Gasteiger partial charge on any atom is -0.496 e. The molecule has 0 saturated carbocycles. The quantitative estimate of drug-likeness (QED) is 0.590. The van der Waals surface area contributed by atoms with Crippen LogP contribution in [-0.2, 0) is 7.05 Å². The summed E-state index contributed by atoms with van der Waals surface area (Å²) in [6.45, 7) is 0. The Bertz CT molecular complexity index is 1040. The molecule has 1 aromatic carbocycles. The Balaban J connectivity index is 2.14. The van der Waals surface area contributed by atoms with E-state index in [2.05, 4.69) is 20.2 Å². The van der Waals surface area contributed by atoms with Crippen molar-refractivity contribution in [2.24, 2.45) is 7.05 Å². The van der Waals surface area contributed by atoms with E-state index < -0.39 is 0 Å². The second kappa shape index (κ2) is 4.45. The number of fused-ring (bicyclic) bond motifs is 3. The van der Waals surface area contributed by atoms with E-state index in [0.717, 1.165) is 33.2 Å². The number of pyridine rings is 1. The smallest absolute Gasteiger partial charge is 0.326 e. The average molecular weight is 295 g/mol. The number of benzene rings is 1. The van der Waals surface area contributed by atoms with E-state index in [4.69, 9.17) is 4.74 Å². The van der Waals surface area contributed by atoms with Gasteiger partial charge in [0.05, 0.1) is 35.6 Å². The van der Waals surface area contributed by atoms with E-state index in [-0.39, 0.29) is 5.69 Å². The average Bonchev–Trinajstić information content (AvgIpc) is 3.15. The van der Waals surface area contributed by atoms with Gasteiger partial charge < -0.3 is 9.72 Å². The number of imidazole rings is 1. The summed E-state index contributed by atoms with van der Waals surface area (Å²) in [7, 11) is 3.33. The van der Waals surface area contributed by atoms with Crippen molar-refractivity contribution in [1.82, 2.24) is 24.7 Å². The van der Waals surface area contributed by atoms with Crippen LogP contribution in [0.1, 0.15) is 0 Å². The van der Waals surface area contributed by atoms with E-state index in [1.165, 1.54) is 0 Å². The van der Waals surface area contributed by atoms with Gasteiger partial charge >= 0.3 is 5.69 Å². The lowest BCUT2D eigenvalue weighted by atomic mass is 10.1. The molecule has 0 aliphatic carbocycles. The van der Waals surface area contributed by atoms with Gasteiger partial charge in [0.15, 0.2) is 0 Å². The third-order valence-electron chi connectivity index (χ3n) is 3.86. The van der Waals surface area contributed by atoms with Crippen LogP contribution in [0.3, 0.4) is 0 Å². The van der Waals surface area contributed by atoms with Gasteiger partial charge in [-0.05, 0) is 12.1 Å². The second-order valence-electron chi connectivity index (χ2n) is 5.05. The maximum absolute atomic E-state index is 11.9. The lowest BCUT2D eigenvalue weighted by Crippen LogP contribution is -2.11. The summed E-state index contributed by atoms with van der Waals surface area (Å²) in [5.74, 6) is 0.696. The first-order valence-electron chi connectivity index (χ1n) is 6.74. The van der Waals surface area contributed by atoms with Gasteiger partial charge in [-0.15, -0.1) is 0 Å². The van der Waals surface area contributed by atoms with Gasteiger partial charge in [-0.25, -0.2) is 4.79 Å². The van der Waals surface area contributed by atoms with Gasteiger partial charge in [0.25, 0.3) is 0 Å². The summed E-state index contributed by atoms with van der Waals surface area (Å²) < 4.78 is 7.00. The maximum atomic E-state index is 11.9. The van der Waals surface area contributed by atoms with Gasteiger partial charge in [0.2, 0.25) is 0 Å². The molecule has 0 saturated heterocycles. The van der Waals surface area contributed by atoms with Crippen molar-refractivity contribution in [3.8, 4) is 17.0 Å². The Morgan fingerprint density at radius 1 is 1.32 bits per heavy atom. The Hall–Kier alpha value is -3.09. The molecular weight excluding hydrogens is 282 g/mol. The monoisotopic (exact) mass is 295 g/mol. The molecule has 0 aliphatic heterocycles. The van der Waals surface area contributed by atoms with Crippen LogP contribution in [0, 0.1) is 0 Å². The molecule has 0 spiro atoms. The number of aromatic nitrogens is 5. The van der Waals surface area contributed by atoms with Crippen LogP contribution >= 0.6 is 0 Å². The zero-order valence-electron chi connectivity index (χ0n) is 12.0. The lowest BCUT2D eigenvalue weighted by molar-refractivity contribution is 0.417. The van der Waals surface area contributed by atoms with E-state index in [9.17, 15) is 4.79 Å². The normalized spacial score (nSPS) is 11.4. The largest absolute Gasteiger partial charge is 0.496 e. The Labute approximate surface area is 124 Å².